The lowest BCUT2D eigenvalue weighted by Gasteiger charge is -1.97. The van der Waals surface area contributed by atoms with Crippen molar-refractivity contribution in [2.24, 2.45) is 0 Å². The molecule has 224 valence electrons. The van der Waals surface area contributed by atoms with Crippen molar-refractivity contribution in [2.75, 3.05) is 0 Å². The van der Waals surface area contributed by atoms with Crippen molar-refractivity contribution in [1.82, 2.24) is 0 Å². The van der Waals surface area contributed by atoms with Gasteiger partial charge in [0, 0.05) is 0 Å². The van der Waals surface area contributed by atoms with Crippen LogP contribution in [-0.4, -0.2) is 15.3 Å². The molecule has 0 aliphatic rings. The monoisotopic (exact) mass is 566 g/mol. The second-order valence-corrected chi connectivity index (χ2v) is 9.05. The average molecular weight is 567 g/mol. The molecule has 0 atom stereocenters. The number of benzene rings is 5. The zero-order chi connectivity index (χ0) is 30.1. The maximum atomic E-state index is 8.63. The molecule has 0 bridgehead atoms. The normalized spacial score (nSPS) is 8.95. The van der Waals surface area contributed by atoms with Crippen molar-refractivity contribution < 1.29 is 15.3 Å². The third-order valence-electron chi connectivity index (χ3n) is 5.95. The molecule has 0 saturated heterocycles. The van der Waals surface area contributed by atoms with E-state index in [0.717, 1.165) is 25.7 Å². The standard InChI is InChI=1S/2C10H14.3C6H6O.CH4/c2*1-3-9-5-7-10(4-2)8-6-9;3*7-6-4-2-1-3-5-6;/h2*5-8H,3-4H2,1-2H3;3*1-5,7H;1H4. The molecule has 0 spiro atoms. The minimum absolute atomic E-state index is 0. The van der Waals surface area contributed by atoms with E-state index in [0.29, 0.717) is 17.2 Å². The van der Waals surface area contributed by atoms with Gasteiger partial charge in [-0.05, 0) is 84.3 Å². The van der Waals surface area contributed by atoms with Gasteiger partial charge in [-0.1, -0.05) is 138 Å². The highest BCUT2D eigenvalue weighted by Crippen LogP contribution is 2.06. The van der Waals surface area contributed by atoms with Crippen molar-refractivity contribution >= 4 is 0 Å². The first kappa shape index (κ1) is 37.5. The van der Waals surface area contributed by atoms with Gasteiger partial charge in [-0.2, -0.15) is 0 Å². The van der Waals surface area contributed by atoms with E-state index in [1.807, 2.05) is 18.2 Å². The highest BCUT2D eigenvalue weighted by Gasteiger charge is 1.89. The number of phenolic OH excluding ortho intramolecular Hbond substituents is 3. The number of para-hydroxylation sites is 3. The quantitative estimate of drug-likeness (QED) is 0.203. The molecule has 0 aliphatic carbocycles. The highest BCUT2D eigenvalue weighted by atomic mass is 16.3. The first-order chi connectivity index (χ1) is 19.9. The molecule has 3 N–H and O–H groups in total. The fraction of sp³-hybridized carbons (Fsp3) is 0.231. The van der Waals surface area contributed by atoms with Crippen LogP contribution in [0.15, 0.2) is 140 Å². The van der Waals surface area contributed by atoms with Gasteiger partial charge in [0.15, 0.2) is 0 Å². The zero-order valence-electron chi connectivity index (χ0n) is 24.9. The molecule has 5 aromatic rings. The maximum absolute atomic E-state index is 8.63. The second kappa shape index (κ2) is 24.3. The van der Waals surface area contributed by atoms with Gasteiger partial charge in [-0.25, -0.2) is 0 Å². The smallest absolute Gasteiger partial charge is 0.115 e. The van der Waals surface area contributed by atoms with Gasteiger partial charge >= 0.3 is 0 Å². The van der Waals surface area contributed by atoms with Crippen LogP contribution in [-0.2, 0) is 25.7 Å². The molecule has 0 fully saturated rings. The summed E-state index contributed by atoms with van der Waals surface area (Å²) in [6, 6.07) is 43.8. The van der Waals surface area contributed by atoms with E-state index in [2.05, 4.69) is 76.2 Å². The fourth-order valence-corrected chi connectivity index (χ4v) is 3.31. The summed E-state index contributed by atoms with van der Waals surface area (Å²) in [5.74, 6) is 0.965. The maximum Gasteiger partial charge on any atom is 0.115 e. The third-order valence-corrected chi connectivity index (χ3v) is 5.95. The van der Waals surface area contributed by atoms with Gasteiger partial charge in [0.2, 0.25) is 0 Å². The van der Waals surface area contributed by atoms with Gasteiger partial charge in [0.25, 0.3) is 0 Å². The molecule has 3 heteroatoms. The van der Waals surface area contributed by atoms with Crippen LogP contribution in [0.3, 0.4) is 0 Å². The van der Waals surface area contributed by atoms with Crippen molar-refractivity contribution in [3.8, 4) is 17.2 Å². The topological polar surface area (TPSA) is 60.7 Å². The van der Waals surface area contributed by atoms with Crippen molar-refractivity contribution in [3.05, 3.63) is 162 Å². The van der Waals surface area contributed by atoms with Crippen LogP contribution in [0.25, 0.3) is 0 Å². The van der Waals surface area contributed by atoms with Gasteiger partial charge in [0.05, 0.1) is 0 Å². The van der Waals surface area contributed by atoms with Crippen LogP contribution < -0.4 is 0 Å². The van der Waals surface area contributed by atoms with Crippen LogP contribution in [0, 0.1) is 0 Å². The van der Waals surface area contributed by atoms with E-state index in [1.54, 1.807) is 72.8 Å². The Morgan fingerprint density at radius 2 is 0.476 bits per heavy atom. The predicted octanol–water partition coefficient (Wildman–Crippen LogP) is 10.4. The Hall–Kier alpha value is -4.50. The number of phenols is 3. The van der Waals surface area contributed by atoms with Crippen LogP contribution in [0.4, 0.5) is 0 Å². The molecule has 3 nitrogen and oxygen atoms in total. The summed E-state index contributed by atoms with van der Waals surface area (Å²) in [6.45, 7) is 8.73. The van der Waals surface area contributed by atoms with E-state index < -0.39 is 0 Å². The van der Waals surface area contributed by atoms with E-state index in [9.17, 15) is 0 Å². The number of rotatable bonds is 4. The Labute approximate surface area is 254 Å². The number of hydrogen-bond donors (Lipinski definition) is 3. The molecule has 0 unspecified atom stereocenters. The summed E-state index contributed by atoms with van der Waals surface area (Å²) in [4.78, 5) is 0. The number of hydrogen-bond acceptors (Lipinski definition) is 3. The molecule has 0 heterocycles. The van der Waals surface area contributed by atoms with Crippen molar-refractivity contribution in [3.63, 3.8) is 0 Å². The second-order valence-electron chi connectivity index (χ2n) is 9.05. The molecule has 0 amide bonds. The SMILES string of the molecule is C.CCc1ccc(CC)cc1.CCc1ccc(CC)cc1.Oc1ccccc1.Oc1ccccc1.Oc1ccccc1. The average Bonchev–Trinajstić information content (AvgIpc) is 3.03. The molecule has 5 rings (SSSR count). The van der Waals surface area contributed by atoms with E-state index >= 15 is 0 Å². The number of aromatic hydroxyl groups is 3. The van der Waals surface area contributed by atoms with Crippen LogP contribution in [0.5, 0.6) is 17.2 Å². The third kappa shape index (κ3) is 18.7. The molecular formula is C39H50O3. The van der Waals surface area contributed by atoms with Crippen LogP contribution in [0.2, 0.25) is 0 Å². The Kier molecular flexibility index (Phi) is 21.7. The molecular weight excluding hydrogens is 516 g/mol. The van der Waals surface area contributed by atoms with Crippen molar-refractivity contribution in [2.45, 2.75) is 60.8 Å². The Morgan fingerprint density at radius 1 is 0.310 bits per heavy atom. The molecule has 0 aliphatic heterocycles. The van der Waals surface area contributed by atoms with Gasteiger partial charge in [-0.15, -0.1) is 0 Å². The Morgan fingerprint density at radius 3 is 0.571 bits per heavy atom. The zero-order valence-corrected chi connectivity index (χ0v) is 24.9. The van der Waals surface area contributed by atoms with E-state index in [4.69, 9.17) is 15.3 Å². The predicted molar refractivity (Wildman–Crippen MR) is 181 cm³/mol. The fourth-order valence-electron chi connectivity index (χ4n) is 3.31. The molecule has 0 radical (unpaired) electrons. The number of aryl methyl sites for hydroxylation is 4. The summed E-state index contributed by atoms with van der Waals surface area (Å²) in [7, 11) is 0. The molecule has 42 heavy (non-hydrogen) atoms. The van der Waals surface area contributed by atoms with Gasteiger partial charge in [0.1, 0.15) is 17.2 Å². The van der Waals surface area contributed by atoms with Gasteiger partial charge in [-0.3, -0.25) is 0 Å². The molecule has 0 saturated carbocycles. The lowest BCUT2D eigenvalue weighted by molar-refractivity contribution is 0.475. The van der Waals surface area contributed by atoms with E-state index in [1.165, 1.54) is 22.3 Å². The van der Waals surface area contributed by atoms with Crippen LogP contribution in [0.1, 0.15) is 57.4 Å². The largest absolute Gasteiger partial charge is 0.508 e. The lowest BCUT2D eigenvalue weighted by atomic mass is 10.1. The summed E-state index contributed by atoms with van der Waals surface area (Å²) in [5, 5.41) is 25.9. The van der Waals surface area contributed by atoms with Gasteiger partial charge < -0.3 is 15.3 Å². The summed E-state index contributed by atoms with van der Waals surface area (Å²) in [6.07, 6.45) is 4.57. The highest BCUT2D eigenvalue weighted by molar-refractivity contribution is 5.23. The first-order valence-electron chi connectivity index (χ1n) is 14.3. The summed E-state index contributed by atoms with van der Waals surface area (Å²) < 4.78 is 0. The summed E-state index contributed by atoms with van der Waals surface area (Å²) in [5.41, 5.74) is 5.71. The minimum atomic E-state index is 0. The molecule has 0 aromatic heterocycles. The van der Waals surface area contributed by atoms with Crippen LogP contribution >= 0.6 is 0 Å². The lowest BCUT2D eigenvalue weighted by Crippen LogP contribution is -1.81. The minimum Gasteiger partial charge on any atom is -0.508 e. The Balaban J connectivity index is 0.000000502. The Bertz CT molecular complexity index is 1070. The molecule has 5 aromatic carbocycles. The first-order valence-corrected chi connectivity index (χ1v) is 14.3. The summed E-state index contributed by atoms with van der Waals surface area (Å²) >= 11 is 0. The van der Waals surface area contributed by atoms with Crippen molar-refractivity contribution in [1.29, 1.82) is 0 Å². The van der Waals surface area contributed by atoms with E-state index in [-0.39, 0.29) is 7.43 Å².